The monoisotopic (exact) mass is 612 g/mol. The Morgan fingerprint density at radius 1 is 0.600 bits per heavy atom. The molecule has 0 aliphatic carbocycles. The van der Waals surface area contributed by atoms with Crippen LogP contribution >= 0.6 is 0 Å². The van der Waals surface area contributed by atoms with Crippen LogP contribution in [0.5, 0.6) is 0 Å². The predicted octanol–water partition coefficient (Wildman–Crippen LogP) is 5.44. The van der Waals surface area contributed by atoms with Crippen molar-refractivity contribution in [1.82, 2.24) is 9.80 Å². The predicted molar refractivity (Wildman–Crippen MR) is 179 cm³/mol. The van der Waals surface area contributed by atoms with Crippen LogP contribution < -0.4 is 0 Å². The van der Waals surface area contributed by atoms with Crippen LogP contribution in [-0.4, -0.2) is 69.6 Å². The Balaban J connectivity index is 0.000000248. The standard InChI is InChI=1S/C20H25NO3.C18H23NO2/c1-2-24-20(23)13-19(22)16-21(14-17-9-5-3-6-10-17)15-18-11-7-4-8-12-18;20-12-11-18(21)15-19(13-16-7-3-1-4-8-16)14-17-9-5-2-6-10-17/h3-12,19,22H,2,13-16H2,1H3;1-10,18,20-21H,11-15H2/t19-;18-/m00/s1. The van der Waals surface area contributed by atoms with E-state index in [9.17, 15) is 15.0 Å². The molecule has 0 aliphatic heterocycles. The summed E-state index contributed by atoms with van der Waals surface area (Å²) in [5.74, 6) is -0.357. The molecule has 0 radical (unpaired) electrons. The summed E-state index contributed by atoms with van der Waals surface area (Å²) >= 11 is 0. The zero-order chi connectivity index (χ0) is 32.1. The minimum absolute atomic E-state index is 0.0195. The Morgan fingerprint density at radius 3 is 1.24 bits per heavy atom. The van der Waals surface area contributed by atoms with Gasteiger partial charge in [-0.05, 0) is 35.6 Å². The third kappa shape index (κ3) is 15.1. The average Bonchev–Trinajstić information content (AvgIpc) is 3.03. The van der Waals surface area contributed by atoms with Crippen LogP contribution in [0.15, 0.2) is 121 Å². The molecule has 0 amide bonds. The number of ether oxygens (including phenoxy) is 1. The summed E-state index contributed by atoms with van der Waals surface area (Å²) in [7, 11) is 0. The van der Waals surface area contributed by atoms with Gasteiger partial charge in [0.25, 0.3) is 0 Å². The van der Waals surface area contributed by atoms with Crippen molar-refractivity contribution in [3.63, 3.8) is 0 Å². The van der Waals surface area contributed by atoms with Gasteiger partial charge in [-0.1, -0.05) is 121 Å². The third-order valence-electron chi connectivity index (χ3n) is 7.10. The molecule has 7 nitrogen and oxygen atoms in total. The van der Waals surface area contributed by atoms with Gasteiger partial charge in [0.1, 0.15) is 0 Å². The van der Waals surface area contributed by atoms with Crippen LogP contribution in [0.2, 0.25) is 0 Å². The van der Waals surface area contributed by atoms with Crippen LogP contribution in [-0.2, 0) is 35.7 Å². The summed E-state index contributed by atoms with van der Waals surface area (Å²) in [6, 6.07) is 40.8. The number of hydrogen-bond donors (Lipinski definition) is 3. The molecule has 0 fully saturated rings. The van der Waals surface area contributed by atoms with Gasteiger partial charge in [-0.3, -0.25) is 14.6 Å². The fourth-order valence-corrected chi connectivity index (χ4v) is 5.05. The van der Waals surface area contributed by atoms with Gasteiger partial charge >= 0.3 is 5.97 Å². The first-order valence-electron chi connectivity index (χ1n) is 15.7. The summed E-state index contributed by atoms with van der Waals surface area (Å²) in [6.45, 7) is 6.12. The van der Waals surface area contributed by atoms with Gasteiger partial charge in [0.2, 0.25) is 0 Å². The fraction of sp³-hybridized carbons (Fsp3) is 0.342. The summed E-state index contributed by atoms with van der Waals surface area (Å²) in [4.78, 5) is 15.9. The first-order valence-corrected chi connectivity index (χ1v) is 15.7. The normalized spacial score (nSPS) is 12.3. The lowest BCUT2D eigenvalue weighted by Crippen LogP contribution is -2.33. The molecule has 3 N–H and O–H groups in total. The van der Waals surface area contributed by atoms with Gasteiger partial charge in [0.05, 0.1) is 25.2 Å². The van der Waals surface area contributed by atoms with Crippen LogP contribution in [0.1, 0.15) is 42.0 Å². The van der Waals surface area contributed by atoms with Crippen LogP contribution in [0.4, 0.5) is 0 Å². The molecular formula is C38H48N2O5. The topological polar surface area (TPSA) is 93.5 Å². The molecule has 45 heavy (non-hydrogen) atoms. The second kappa shape index (κ2) is 21.0. The Labute approximate surface area is 268 Å². The third-order valence-corrected chi connectivity index (χ3v) is 7.10. The van der Waals surface area contributed by atoms with Crippen molar-refractivity contribution in [2.75, 3.05) is 26.3 Å². The van der Waals surface area contributed by atoms with Crippen molar-refractivity contribution in [2.45, 2.75) is 58.2 Å². The lowest BCUT2D eigenvalue weighted by molar-refractivity contribution is -0.145. The van der Waals surface area contributed by atoms with E-state index in [1.54, 1.807) is 6.92 Å². The van der Waals surface area contributed by atoms with Crippen molar-refractivity contribution in [3.05, 3.63) is 144 Å². The Hall–Kier alpha value is -3.85. The van der Waals surface area contributed by atoms with Gasteiger partial charge in [-0.15, -0.1) is 0 Å². The van der Waals surface area contributed by atoms with E-state index < -0.39 is 12.2 Å². The Morgan fingerprint density at radius 2 is 0.933 bits per heavy atom. The molecule has 0 unspecified atom stereocenters. The second-order valence-electron chi connectivity index (χ2n) is 11.1. The molecule has 0 aliphatic rings. The molecule has 0 aromatic heterocycles. The van der Waals surface area contributed by atoms with Crippen molar-refractivity contribution >= 4 is 5.97 Å². The van der Waals surface area contributed by atoms with Crippen molar-refractivity contribution in [1.29, 1.82) is 0 Å². The first kappa shape index (κ1) is 35.6. The molecule has 7 heteroatoms. The van der Waals surface area contributed by atoms with Gasteiger partial charge in [0, 0.05) is 45.9 Å². The van der Waals surface area contributed by atoms with E-state index in [1.807, 2.05) is 72.8 Å². The molecule has 0 saturated heterocycles. The Bertz CT molecular complexity index is 1230. The molecule has 240 valence electrons. The summed E-state index contributed by atoms with van der Waals surface area (Å²) in [5.41, 5.74) is 4.81. The van der Waals surface area contributed by atoms with E-state index in [0.717, 1.165) is 26.2 Å². The van der Waals surface area contributed by atoms with Gasteiger partial charge < -0.3 is 20.1 Å². The number of hydrogen-bond acceptors (Lipinski definition) is 7. The minimum Gasteiger partial charge on any atom is -0.466 e. The molecule has 4 rings (SSSR count). The van der Waals surface area contributed by atoms with Gasteiger partial charge in [-0.25, -0.2) is 0 Å². The number of rotatable bonds is 17. The largest absolute Gasteiger partial charge is 0.466 e. The highest BCUT2D eigenvalue weighted by Crippen LogP contribution is 2.13. The summed E-state index contributed by atoms with van der Waals surface area (Å²) in [5, 5.41) is 29.2. The van der Waals surface area contributed by atoms with Gasteiger partial charge in [0.15, 0.2) is 0 Å². The van der Waals surface area contributed by atoms with E-state index in [-0.39, 0.29) is 19.0 Å². The van der Waals surface area contributed by atoms with Crippen LogP contribution in [0, 0.1) is 0 Å². The number of nitrogens with zero attached hydrogens (tertiary/aromatic N) is 2. The molecule has 4 aromatic carbocycles. The zero-order valence-electron chi connectivity index (χ0n) is 26.3. The maximum absolute atomic E-state index is 11.6. The molecule has 0 saturated carbocycles. The summed E-state index contributed by atoms with van der Waals surface area (Å²) in [6.07, 6.45) is -0.799. The molecule has 0 heterocycles. The Kier molecular flexibility index (Phi) is 16.6. The van der Waals surface area contributed by atoms with E-state index in [0.29, 0.717) is 26.1 Å². The molecule has 4 aromatic rings. The molecular weight excluding hydrogens is 564 g/mol. The highest BCUT2D eigenvalue weighted by Gasteiger charge is 2.17. The number of carbonyl (C=O) groups is 1. The lowest BCUT2D eigenvalue weighted by atomic mass is 10.1. The van der Waals surface area contributed by atoms with E-state index >= 15 is 0 Å². The molecule has 0 bridgehead atoms. The lowest BCUT2D eigenvalue weighted by Gasteiger charge is -2.25. The second-order valence-corrected chi connectivity index (χ2v) is 11.1. The number of carbonyl (C=O) groups excluding carboxylic acids is 1. The quantitative estimate of drug-likeness (QED) is 0.137. The van der Waals surface area contributed by atoms with Crippen LogP contribution in [0.25, 0.3) is 0 Å². The number of aliphatic hydroxyl groups is 3. The zero-order valence-corrected chi connectivity index (χ0v) is 26.3. The highest BCUT2D eigenvalue weighted by atomic mass is 16.5. The molecule has 0 spiro atoms. The van der Waals surface area contributed by atoms with E-state index in [2.05, 4.69) is 58.3 Å². The van der Waals surface area contributed by atoms with Crippen molar-refractivity contribution in [2.24, 2.45) is 0 Å². The van der Waals surface area contributed by atoms with Gasteiger partial charge in [-0.2, -0.15) is 0 Å². The maximum Gasteiger partial charge on any atom is 0.308 e. The number of esters is 1. The molecule has 2 atom stereocenters. The van der Waals surface area contributed by atoms with Crippen molar-refractivity contribution in [3.8, 4) is 0 Å². The first-order chi connectivity index (χ1) is 21.9. The maximum atomic E-state index is 11.6. The van der Waals surface area contributed by atoms with E-state index in [1.165, 1.54) is 22.3 Å². The SMILES string of the molecule is CCOC(=O)C[C@H](O)CN(Cc1ccccc1)Cc1ccccc1.OCC[C@H](O)CN(Cc1ccccc1)Cc1ccccc1. The summed E-state index contributed by atoms with van der Waals surface area (Å²) < 4.78 is 4.91. The smallest absolute Gasteiger partial charge is 0.308 e. The number of benzene rings is 4. The minimum atomic E-state index is -0.739. The van der Waals surface area contributed by atoms with E-state index in [4.69, 9.17) is 9.84 Å². The van der Waals surface area contributed by atoms with Crippen LogP contribution in [0.3, 0.4) is 0 Å². The number of aliphatic hydroxyl groups excluding tert-OH is 3. The van der Waals surface area contributed by atoms with Crippen molar-refractivity contribution < 1.29 is 24.9 Å². The fourth-order valence-electron chi connectivity index (χ4n) is 5.05. The average molecular weight is 613 g/mol. The highest BCUT2D eigenvalue weighted by molar-refractivity contribution is 5.69.